The Bertz CT molecular complexity index is 633. The van der Waals surface area contributed by atoms with Crippen molar-refractivity contribution in [2.45, 2.75) is 26.5 Å². The highest BCUT2D eigenvalue weighted by Gasteiger charge is 2.27. The zero-order chi connectivity index (χ0) is 14.8. The number of carbonyl (C=O) groups is 1. The molecule has 1 aliphatic heterocycles. The highest BCUT2D eigenvalue weighted by atomic mass is 16.5. The summed E-state index contributed by atoms with van der Waals surface area (Å²) in [5, 5.41) is 0. The van der Waals surface area contributed by atoms with Crippen molar-refractivity contribution in [1.29, 1.82) is 0 Å². The van der Waals surface area contributed by atoms with Gasteiger partial charge < -0.3 is 19.2 Å². The number of carbonyl (C=O) groups excluding carboxylic acids is 1. The first-order chi connectivity index (χ1) is 10.1. The van der Waals surface area contributed by atoms with Crippen LogP contribution < -0.4 is 0 Å². The third-order valence-corrected chi connectivity index (χ3v) is 3.68. The van der Waals surface area contributed by atoms with Crippen molar-refractivity contribution in [3.63, 3.8) is 0 Å². The lowest BCUT2D eigenvalue weighted by Gasteiger charge is -2.32. The topological polar surface area (TPSA) is 76.0 Å². The van der Waals surface area contributed by atoms with E-state index in [9.17, 15) is 4.79 Å². The SMILES string of the molecule is Cc1cnc([C@H]2CN(C(=O)Cn3ccnc3C)CCO2)[nH]1. The summed E-state index contributed by atoms with van der Waals surface area (Å²) in [7, 11) is 0. The molecule has 0 aliphatic carbocycles. The van der Waals surface area contributed by atoms with Crippen LogP contribution in [0.2, 0.25) is 0 Å². The molecule has 1 aliphatic rings. The molecular weight excluding hydrogens is 270 g/mol. The van der Waals surface area contributed by atoms with Crippen molar-refractivity contribution in [3.05, 3.63) is 35.9 Å². The molecule has 0 saturated carbocycles. The van der Waals surface area contributed by atoms with Crippen LogP contribution in [0.25, 0.3) is 0 Å². The Kier molecular flexibility index (Phi) is 3.74. The van der Waals surface area contributed by atoms with E-state index in [0.717, 1.165) is 17.3 Å². The van der Waals surface area contributed by atoms with E-state index >= 15 is 0 Å². The van der Waals surface area contributed by atoms with Gasteiger partial charge in [0, 0.05) is 30.8 Å². The summed E-state index contributed by atoms with van der Waals surface area (Å²) in [6.07, 6.45) is 5.12. The van der Waals surface area contributed by atoms with Gasteiger partial charge in [-0.1, -0.05) is 0 Å². The quantitative estimate of drug-likeness (QED) is 0.907. The molecule has 7 heteroatoms. The first kappa shape index (κ1) is 13.8. The highest BCUT2D eigenvalue weighted by molar-refractivity contribution is 5.76. The number of nitrogens with one attached hydrogen (secondary N) is 1. The number of rotatable bonds is 3. The number of imidazole rings is 2. The first-order valence-corrected chi connectivity index (χ1v) is 7.02. The number of morpholine rings is 1. The molecule has 2 aromatic rings. The van der Waals surface area contributed by atoms with Crippen LogP contribution in [0.1, 0.15) is 23.4 Å². The van der Waals surface area contributed by atoms with E-state index in [1.165, 1.54) is 0 Å². The molecule has 0 aromatic carbocycles. The van der Waals surface area contributed by atoms with Gasteiger partial charge in [0.2, 0.25) is 5.91 Å². The number of H-pyrrole nitrogens is 1. The van der Waals surface area contributed by atoms with E-state index < -0.39 is 0 Å². The van der Waals surface area contributed by atoms with Gasteiger partial charge in [-0.2, -0.15) is 0 Å². The highest BCUT2D eigenvalue weighted by Crippen LogP contribution is 2.20. The zero-order valence-corrected chi connectivity index (χ0v) is 12.2. The summed E-state index contributed by atoms with van der Waals surface area (Å²) >= 11 is 0. The molecular formula is C14H19N5O2. The Morgan fingerprint density at radius 3 is 3.00 bits per heavy atom. The summed E-state index contributed by atoms with van der Waals surface area (Å²) in [4.78, 5) is 25.8. The minimum Gasteiger partial charge on any atom is -0.367 e. The largest absolute Gasteiger partial charge is 0.367 e. The van der Waals surface area contributed by atoms with Gasteiger partial charge in [-0.25, -0.2) is 9.97 Å². The van der Waals surface area contributed by atoms with Crippen LogP contribution in [-0.2, 0) is 16.1 Å². The molecule has 112 valence electrons. The summed E-state index contributed by atoms with van der Waals surface area (Å²) in [6.45, 7) is 5.82. The van der Waals surface area contributed by atoms with Gasteiger partial charge in [-0.3, -0.25) is 4.79 Å². The summed E-state index contributed by atoms with van der Waals surface area (Å²) in [6, 6.07) is 0. The maximum absolute atomic E-state index is 12.4. The molecule has 0 bridgehead atoms. The van der Waals surface area contributed by atoms with E-state index in [1.807, 2.05) is 29.5 Å². The lowest BCUT2D eigenvalue weighted by atomic mass is 10.2. The fraction of sp³-hybridized carbons (Fsp3) is 0.500. The number of ether oxygens (including phenoxy) is 1. The van der Waals surface area contributed by atoms with Crippen molar-refractivity contribution in [1.82, 2.24) is 24.4 Å². The third kappa shape index (κ3) is 2.97. The predicted octanol–water partition coefficient (Wildman–Crippen LogP) is 0.823. The maximum Gasteiger partial charge on any atom is 0.242 e. The van der Waals surface area contributed by atoms with Gasteiger partial charge in [0.1, 0.15) is 24.3 Å². The second kappa shape index (κ2) is 5.69. The second-order valence-corrected chi connectivity index (χ2v) is 5.25. The molecule has 7 nitrogen and oxygen atoms in total. The van der Waals surface area contributed by atoms with Crippen LogP contribution in [0.3, 0.4) is 0 Å². The number of amides is 1. The lowest BCUT2D eigenvalue weighted by Crippen LogP contribution is -2.44. The van der Waals surface area contributed by atoms with Crippen LogP contribution in [0.4, 0.5) is 0 Å². The van der Waals surface area contributed by atoms with Gasteiger partial charge in [0.05, 0.1) is 13.2 Å². The molecule has 0 unspecified atom stereocenters. The fourth-order valence-corrected chi connectivity index (χ4v) is 2.45. The van der Waals surface area contributed by atoms with Crippen molar-refractivity contribution < 1.29 is 9.53 Å². The van der Waals surface area contributed by atoms with Crippen molar-refractivity contribution >= 4 is 5.91 Å². The van der Waals surface area contributed by atoms with E-state index in [0.29, 0.717) is 26.2 Å². The minimum absolute atomic E-state index is 0.0766. The maximum atomic E-state index is 12.4. The molecule has 0 radical (unpaired) electrons. The van der Waals surface area contributed by atoms with Crippen molar-refractivity contribution in [2.75, 3.05) is 19.7 Å². The summed E-state index contributed by atoms with van der Waals surface area (Å²) in [5.41, 5.74) is 0.992. The van der Waals surface area contributed by atoms with Crippen molar-refractivity contribution in [3.8, 4) is 0 Å². The monoisotopic (exact) mass is 289 g/mol. The Balaban J connectivity index is 1.65. The molecule has 1 amide bonds. The number of aromatic amines is 1. The van der Waals surface area contributed by atoms with Gasteiger partial charge in [-0.15, -0.1) is 0 Å². The van der Waals surface area contributed by atoms with Crippen LogP contribution in [-0.4, -0.2) is 50.0 Å². The normalized spacial score (nSPS) is 19.0. The summed E-state index contributed by atoms with van der Waals surface area (Å²) < 4.78 is 7.56. The number of nitrogens with zero attached hydrogens (tertiary/aromatic N) is 4. The molecule has 3 rings (SSSR count). The van der Waals surface area contributed by atoms with Gasteiger partial charge in [0.15, 0.2) is 0 Å². The van der Waals surface area contributed by atoms with E-state index in [-0.39, 0.29) is 12.0 Å². The smallest absolute Gasteiger partial charge is 0.242 e. The molecule has 21 heavy (non-hydrogen) atoms. The molecule has 2 aromatic heterocycles. The molecule has 0 spiro atoms. The molecule has 1 saturated heterocycles. The number of aromatic nitrogens is 4. The van der Waals surface area contributed by atoms with Crippen LogP contribution in [0, 0.1) is 13.8 Å². The molecule has 1 fully saturated rings. The third-order valence-electron chi connectivity index (χ3n) is 3.68. The average Bonchev–Trinajstić information content (AvgIpc) is 3.08. The summed E-state index contributed by atoms with van der Waals surface area (Å²) in [5.74, 6) is 1.70. The van der Waals surface area contributed by atoms with Gasteiger partial charge in [-0.05, 0) is 13.8 Å². The average molecular weight is 289 g/mol. The van der Waals surface area contributed by atoms with E-state index in [4.69, 9.17) is 4.74 Å². The predicted molar refractivity (Wildman–Crippen MR) is 75.6 cm³/mol. The molecule has 1 atom stereocenters. The Morgan fingerprint density at radius 2 is 2.33 bits per heavy atom. The second-order valence-electron chi connectivity index (χ2n) is 5.25. The van der Waals surface area contributed by atoms with Gasteiger partial charge in [0.25, 0.3) is 0 Å². The Hall–Kier alpha value is -2.15. The molecule has 3 heterocycles. The van der Waals surface area contributed by atoms with Crippen LogP contribution in [0.5, 0.6) is 0 Å². The van der Waals surface area contributed by atoms with Crippen molar-refractivity contribution in [2.24, 2.45) is 0 Å². The number of aryl methyl sites for hydroxylation is 2. The van der Waals surface area contributed by atoms with E-state index in [2.05, 4.69) is 15.0 Å². The van der Waals surface area contributed by atoms with E-state index in [1.54, 1.807) is 12.4 Å². The fourth-order valence-electron chi connectivity index (χ4n) is 2.45. The minimum atomic E-state index is -0.180. The van der Waals surface area contributed by atoms with Crippen LogP contribution >= 0.6 is 0 Å². The Labute approximate surface area is 123 Å². The van der Waals surface area contributed by atoms with Crippen LogP contribution in [0.15, 0.2) is 18.6 Å². The van der Waals surface area contributed by atoms with Gasteiger partial charge >= 0.3 is 0 Å². The first-order valence-electron chi connectivity index (χ1n) is 7.02. The lowest BCUT2D eigenvalue weighted by molar-refractivity contribution is -0.140. The molecule has 1 N–H and O–H groups in total. The number of hydrogen-bond acceptors (Lipinski definition) is 4. The standard InChI is InChI=1S/C14H19N5O2/c1-10-7-16-14(17-10)12-8-19(5-6-21-12)13(20)9-18-4-3-15-11(18)2/h3-4,7,12H,5-6,8-9H2,1-2H3,(H,16,17)/t12-/m1/s1. The Morgan fingerprint density at radius 1 is 1.48 bits per heavy atom. The number of hydrogen-bond donors (Lipinski definition) is 1. The zero-order valence-electron chi connectivity index (χ0n) is 12.2.